The van der Waals surface area contributed by atoms with Crippen LogP contribution in [0.5, 0.6) is 0 Å². The summed E-state index contributed by atoms with van der Waals surface area (Å²) in [5, 5.41) is 3.81. The van der Waals surface area contributed by atoms with Crippen LogP contribution < -0.4 is 5.14 Å². The number of benzene rings is 1. The van der Waals surface area contributed by atoms with E-state index < -0.39 is 20.5 Å². The molecular weight excluding hydrogens is 441 g/mol. The Kier molecular flexibility index (Phi) is 5.01. The molecule has 0 aliphatic heterocycles. The van der Waals surface area contributed by atoms with E-state index in [1.165, 1.54) is 25.5 Å². The molecule has 3 aliphatic carbocycles. The van der Waals surface area contributed by atoms with Crippen LogP contribution in [0.3, 0.4) is 0 Å². The van der Waals surface area contributed by atoms with Gasteiger partial charge in [-0.25, -0.2) is 13.6 Å². The van der Waals surface area contributed by atoms with E-state index in [0.29, 0.717) is 5.03 Å². The second-order valence-corrected chi connectivity index (χ2v) is 10.7. The third-order valence-corrected chi connectivity index (χ3v) is 8.51. The number of halogens is 3. The van der Waals surface area contributed by atoms with Crippen molar-refractivity contribution in [1.29, 1.82) is 0 Å². The number of sulfonamides is 1. The summed E-state index contributed by atoms with van der Waals surface area (Å²) in [5.74, 6) is 0. The van der Waals surface area contributed by atoms with Gasteiger partial charge < -0.3 is 4.74 Å². The van der Waals surface area contributed by atoms with Gasteiger partial charge in [0, 0.05) is 12.1 Å². The van der Waals surface area contributed by atoms with Crippen LogP contribution in [0.2, 0.25) is 0 Å². The Hall–Kier alpha value is -0.820. The van der Waals surface area contributed by atoms with E-state index in [0.717, 1.165) is 29.6 Å². The first-order chi connectivity index (χ1) is 13.1. The molecule has 1 aromatic carbocycles. The van der Waals surface area contributed by atoms with E-state index in [1.807, 2.05) is 6.08 Å². The zero-order chi connectivity index (χ0) is 20.3. The predicted molar refractivity (Wildman–Crippen MR) is 113 cm³/mol. The number of methoxy groups -OCH3 is 1. The van der Waals surface area contributed by atoms with Crippen molar-refractivity contribution in [2.24, 2.45) is 10.6 Å². The fourth-order valence-electron chi connectivity index (χ4n) is 4.02. The molecule has 2 atom stereocenters. The Labute approximate surface area is 180 Å². The fourth-order valence-corrected chi connectivity index (χ4v) is 5.38. The second-order valence-electron chi connectivity index (χ2n) is 7.74. The maximum atomic E-state index is 11.6. The molecule has 3 aliphatic rings. The molecule has 1 aromatic rings. The topological polar surface area (TPSA) is 69.4 Å². The molecule has 1 spiro atoms. The van der Waals surface area contributed by atoms with E-state index in [2.05, 4.69) is 0 Å². The van der Waals surface area contributed by atoms with Gasteiger partial charge in [0.05, 0.1) is 4.90 Å². The Morgan fingerprint density at radius 2 is 1.75 bits per heavy atom. The molecule has 1 fully saturated rings. The molecular formula is C20H20Cl3NO3S. The zero-order valence-electron chi connectivity index (χ0n) is 15.2. The molecule has 4 rings (SSSR count). The van der Waals surface area contributed by atoms with Gasteiger partial charge >= 0.3 is 0 Å². The number of rotatable bonds is 4. The lowest BCUT2D eigenvalue weighted by molar-refractivity contribution is 0.108. The largest absolute Gasteiger partial charge is 0.357 e. The molecule has 0 heterocycles. The van der Waals surface area contributed by atoms with Crippen LogP contribution in [0.15, 0.2) is 57.5 Å². The minimum Gasteiger partial charge on any atom is -0.357 e. The summed E-state index contributed by atoms with van der Waals surface area (Å²) in [6, 6.07) is 6.69. The number of nitrogens with two attached hydrogens (primary N) is 1. The summed E-state index contributed by atoms with van der Waals surface area (Å²) in [5.41, 5.74) is 4.43. The standard InChI is InChI=1S/C20H20Cl3NO3S/c1-27-20(23)7-6-14(17(21)18(20)22)16-11-19(8-9-19)10-15(16)12-2-4-13(5-3-12)28(24,25)26/h2-7,18H,8-11H2,1H3,(H2,24,25,26). The molecule has 28 heavy (non-hydrogen) atoms. The van der Waals surface area contributed by atoms with Gasteiger partial charge in [0.25, 0.3) is 0 Å². The van der Waals surface area contributed by atoms with Gasteiger partial charge in [0.15, 0.2) is 5.06 Å². The Balaban J connectivity index is 1.78. The monoisotopic (exact) mass is 459 g/mol. The molecule has 0 aromatic heterocycles. The Bertz CT molecular complexity index is 1020. The van der Waals surface area contributed by atoms with Crippen LogP contribution in [0, 0.1) is 5.41 Å². The molecule has 4 nitrogen and oxygen atoms in total. The van der Waals surface area contributed by atoms with E-state index in [9.17, 15) is 8.42 Å². The van der Waals surface area contributed by atoms with Gasteiger partial charge in [-0.1, -0.05) is 41.4 Å². The Morgan fingerprint density at radius 3 is 2.29 bits per heavy atom. The summed E-state index contributed by atoms with van der Waals surface area (Å²) >= 11 is 19.5. The van der Waals surface area contributed by atoms with Crippen LogP contribution in [0.4, 0.5) is 0 Å². The summed E-state index contributed by atoms with van der Waals surface area (Å²) in [7, 11) is -2.23. The van der Waals surface area contributed by atoms with Crippen molar-refractivity contribution in [1.82, 2.24) is 0 Å². The lowest BCUT2D eigenvalue weighted by Gasteiger charge is -2.31. The first-order valence-electron chi connectivity index (χ1n) is 8.91. The van der Waals surface area contributed by atoms with Crippen molar-refractivity contribution in [2.75, 3.05) is 7.11 Å². The number of hydrogen-bond acceptors (Lipinski definition) is 3. The highest BCUT2D eigenvalue weighted by atomic mass is 35.5. The van der Waals surface area contributed by atoms with Gasteiger partial charge in [-0.05, 0) is 71.6 Å². The first kappa shape index (κ1) is 20.5. The highest BCUT2D eigenvalue weighted by molar-refractivity contribution is 7.89. The lowest BCUT2D eigenvalue weighted by Crippen LogP contribution is -2.35. The Morgan fingerprint density at radius 1 is 1.14 bits per heavy atom. The van der Waals surface area contributed by atoms with Crippen LogP contribution in [-0.4, -0.2) is 26.0 Å². The zero-order valence-corrected chi connectivity index (χ0v) is 18.3. The van der Waals surface area contributed by atoms with Gasteiger partial charge in [-0.15, -0.1) is 11.6 Å². The number of allylic oxidation sites excluding steroid dienone is 4. The minimum atomic E-state index is -3.72. The van der Waals surface area contributed by atoms with E-state index in [4.69, 9.17) is 44.7 Å². The average molecular weight is 461 g/mol. The first-order valence-corrected chi connectivity index (χ1v) is 11.7. The highest BCUT2D eigenvalue weighted by Gasteiger charge is 2.50. The molecule has 0 saturated heterocycles. The predicted octanol–water partition coefficient (Wildman–Crippen LogP) is 4.91. The molecule has 150 valence electrons. The highest BCUT2D eigenvalue weighted by Crippen LogP contribution is 2.63. The molecule has 0 radical (unpaired) electrons. The fraction of sp³-hybridized carbons (Fsp3) is 0.400. The van der Waals surface area contributed by atoms with Crippen molar-refractivity contribution in [3.8, 4) is 0 Å². The van der Waals surface area contributed by atoms with E-state index in [-0.39, 0.29) is 10.3 Å². The second kappa shape index (κ2) is 6.86. The molecule has 2 N–H and O–H groups in total. The van der Waals surface area contributed by atoms with Crippen molar-refractivity contribution in [2.45, 2.75) is 41.0 Å². The van der Waals surface area contributed by atoms with E-state index >= 15 is 0 Å². The van der Waals surface area contributed by atoms with Gasteiger partial charge in [-0.2, -0.15) is 0 Å². The van der Waals surface area contributed by atoms with Crippen LogP contribution in [0.1, 0.15) is 31.2 Å². The van der Waals surface area contributed by atoms with Crippen LogP contribution >= 0.6 is 34.8 Å². The maximum absolute atomic E-state index is 11.6. The van der Waals surface area contributed by atoms with Crippen molar-refractivity contribution >= 4 is 50.4 Å². The van der Waals surface area contributed by atoms with Crippen LogP contribution in [-0.2, 0) is 14.8 Å². The minimum absolute atomic E-state index is 0.0974. The van der Waals surface area contributed by atoms with Gasteiger partial charge in [0.1, 0.15) is 5.38 Å². The molecule has 1 saturated carbocycles. The van der Waals surface area contributed by atoms with Crippen molar-refractivity contribution < 1.29 is 13.2 Å². The smallest absolute Gasteiger partial charge is 0.238 e. The SMILES string of the molecule is COC1(Cl)C=CC(C2=C(c3ccc(S(N)(=O)=O)cc3)CC3(CC3)C2)=C(Cl)C1Cl. The number of ether oxygens (including phenoxy) is 1. The number of alkyl halides is 2. The third kappa shape index (κ3) is 3.47. The number of primary sulfonamides is 1. The maximum Gasteiger partial charge on any atom is 0.238 e. The third-order valence-electron chi connectivity index (χ3n) is 5.90. The van der Waals surface area contributed by atoms with Gasteiger partial charge in [-0.3, -0.25) is 0 Å². The van der Waals surface area contributed by atoms with E-state index in [1.54, 1.807) is 30.3 Å². The van der Waals surface area contributed by atoms with Crippen LogP contribution in [0.25, 0.3) is 5.57 Å². The van der Waals surface area contributed by atoms with Crippen molar-refractivity contribution in [3.63, 3.8) is 0 Å². The average Bonchev–Trinajstić information content (AvgIpc) is 3.31. The normalized spacial score (nSPS) is 29.1. The van der Waals surface area contributed by atoms with Gasteiger partial charge in [0.2, 0.25) is 10.0 Å². The summed E-state index contributed by atoms with van der Waals surface area (Å²) in [4.78, 5) is 0.0974. The summed E-state index contributed by atoms with van der Waals surface area (Å²) in [6.45, 7) is 0. The molecule has 0 bridgehead atoms. The summed E-state index contributed by atoms with van der Waals surface area (Å²) < 4.78 is 28.4. The quantitative estimate of drug-likeness (QED) is 0.649. The number of hydrogen-bond donors (Lipinski definition) is 1. The summed E-state index contributed by atoms with van der Waals surface area (Å²) in [6.07, 6.45) is 7.81. The van der Waals surface area contributed by atoms with Crippen molar-refractivity contribution in [3.05, 3.63) is 58.2 Å². The molecule has 8 heteroatoms. The molecule has 2 unspecified atom stereocenters. The lowest BCUT2D eigenvalue weighted by atomic mass is 9.92. The molecule has 0 amide bonds.